The quantitative estimate of drug-likeness (QED) is 0.711. The maximum absolute atomic E-state index is 12.5. The Bertz CT molecular complexity index is 879. The summed E-state index contributed by atoms with van der Waals surface area (Å²) in [6.45, 7) is 1.59. The molecular weight excluding hydrogens is 334 g/mol. The van der Waals surface area contributed by atoms with Crippen molar-refractivity contribution in [2.45, 2.75) is 25.3 Å². The van der Waals surface area contributed by atoms with Gasteiger partial charge >= 0.3 is 0 Å². The van der Waals surface area contributed by atoms with E-state index in [-0.39, 0.29) is 5.91 Å². The summed E-state index contributed by atoms with van der Waals surface area (Å²) < 4.78 is 2.26. The molecule has 5 heteroatoms. The maximum Gasteiger partial charge on any atom is 0.226 e. The normalized spacial score (nSPS) is 15.6. The van der Waals surface area contributed by atoms with Gasteiger partial charge in [0.25, 0.3) is 0 Å². The third kappa shape index (κ3) is 3.40. The second kappa shape index (κ2) is 6.89. The Morgan fingerprint density at radius 3 is 2.56 bits per heavy atom. The van der Waals surface area contributed by atoms with Crippen LogP contribution < -0.4 is 0 Å². The lowest BCUT2D eigenvalue weighted by molar-refractivity contribution is -0.131. The fraction of sp³-hybridized carbons (Fsp3) is 0.300. The topological polar surface area (TPSA) is 38.1 Å². The van der Waals surface area contributed by atoms with Gasteiger partial charge in [0.15, 0.2) is 0 Å². The molecular formula is C20H20ClN3O. The van der Waals surface area contributed by atoms with Crippen LogP contribution in [0.1, 0.15) is 24.4 Å². The monoisotopic (exact) mass is 353 g/mol. The number of aromatic nitrogens is 2. The van der Waals surface area contributed by atoms with Crippen LogP contribution in [-0.2, 0) is 11.2 Å². The number of piperidine rings is 1. The minimum atomic E-state index is 0.191. The van der Waals surface area contributed by atoms with Crippen LogP contribution in [-0.4, -0.2) is 33.4 Å². The van der Waals surface area contributed by atoms with E-state index in [4.69, 9.17) is 11.6 Å². The van der Waals surface area contributed by atoms with Crippen molar-refractivity contribution < 1.29 is 4.79 Å². The fourth-order valence-corrected chi connectivity index (χ4v) is 3.68. The van der Waals surface area contributed by atoms with Crippen molar-refractivity contribution >= 4 is 28.5 Å². The molecule has 1 aliphatic heterocycles. The molecule has 2 aromatic carbocycles. The van der Waals surface area contributed by atoms with Gasteiger partial charge in [0, 0.05) is 24.2 Å². The number of para-hydroxylation sites is 2. The number of hydrogen-bond donors (Lipinski definition) is 0. The molecule has 1 aliphatic rings. The third-order valence-electron chi connectivity index (χ3n) is 4.96. The highest BCUT2D eigenvalue weighted by atomic mass is 35.5. The molecule has 1 saturated heterocycles. The summed E-state index contributed by atoms with van der Waals surface area (Å²) in [6.07, 6.45) is 4.30. The molecule has 2 heterocycles. The number of likely N-dealkylation sites (tertiary alicyclic amines) is 1. The van der Waals surface area contributed by atoms with Crippen LogP contribution in [0.25, 0.3) is 11.0 Å². The summed E-state index contributed by atoms with van der Waals surface area (Å²) in [4.78, 5) is 19.0. The summed E-state index contributed by atoms with van der Waals surface area (Å²) in [5.41, 5.74) is 3.22. The average molecular weight is 354 g/mol. The third-order valence-corrected chi connectivity index (χ3v) is 5.21. The first-order valence-electron chi connectivity index (χ1n) is 8.64. The predicted octanol–water partition coefficient (Wildman–Crippen LogP) is 4.10. The number of carbonyl (C=O) groups excluding carboxylic acids is 1. The maximum atomic E-state index is 12.5. The molecule has 1 amide bonds. The van der Waals surface area contributed by atoms with Crippen molar-refractivity contribution in [2.24, 2.45) is 0 Å². The van der Waals surface area contributed by atoms with Gasteiger partial charge in [-0.25, -0.2) is 4.98 Å². The molecule has 25 heavy (non-hydrogen) atoms. The largest absolute Gasteiger partial charge is 0.342 e. The molecule has 128 valence electrons. The highest BCUT2D eigenvalue weighted by Gasteiger charge is 2.24. The van der Waals surface area contributed by atoms with Gasteiger partial charge < -0.3 is 9.47 Å². The Labute approximate surface area is 152 Å². The number of fused-ring (bicyclic) bond motifs is 1. The van der Waals surface area contributed by atoms with Crippen molar-refractivity contribution in [2.75, 3.05) is 13.1 Å². The second-order valence-electron chi connectivity index (χ2n) is 6.56. The zero-order valence-corrected chi connectivity index (χ0v) is 14.7. The van der Waals surface area contributed by atoms with Crippen molar-refractivity contribution in [3.63, 3.8) is 0 Å². The first-order valence-corrected chi connectivity index (χ1v) is 9.02. The summed E-state index contributed by atoms with van der Waals surface area (Å²) in [5, 5.41) is 0.699. The SMILES string of the molecule is O=C(Cc1ccc(Cl)cc1)N1CCC(n2cnc3ccccc32)CC1. The lowest BCUT2D eigenvalue weighted by Gasteiger charge is -2.33. The van der Waals surface area contributed by atoms with Gasteiger partial charge in [0.1, 0.15) is 0 Å². The molecule has 0 aliphatic carbocycles. The number of nitrogens with zero attached hydrogens (tertiary/aromatic N) is 3. The molecule has 4 rings (SSSR count). The molecule has 0 N–H and O–H groups in total. The molecule has 4 nitrogen and oxygen atoms in total. The van der Waals surface area contributed by atoms with Gasteiger partial charge in [-0.2, -0.15) is 0 Å². The van der Waals surface area contributed by atoms with Gasteiger partial charge in [0.05, 0.1) is 23.8 Å². The molecule has 1 aromatic heterocycles. The summed E-state index contributed by atoms with van der Waals surface area (Å²) >= 11 is 5.90. The first-order chi connectivity index (χ1) is 12.2. The van der Waals surface area contributed by atoms with E-state index >= 15 is 0 Å². The molecule has 0 atom stereocenters. The minimum Gasteiger partial charge on any atom is -0.342 e. The molecule has 0 unspecified atom stereocenters. The lowest BCUT2D eigenvalue weighted by atomic mass is 10.0. The zero-order chi connectivity index (χ0) is 17.2. The number of rotatable bonds is 3. The van der Waals surface area contributed by atoms with E-state index in [0.717, 1.165) is 37.0 Å². The highest BCUT2D eigenvalue weighted by Crippen LogP contribution is 2.26. The van der Waals surface area contributed by atoms with Crippen LogP contribution >= 0.6 is 11.6 Å². The van der Waals surface area contributed by atoms with E-state index in [9.17, 15) is 4.79 Å². The van der Waals surface area contributed by atoms with Gasteiger partial charge in [-0.3, -0.25) is 4.79 Å². The minimum absolute atomic E-state index is 0.191. The van der Waals surface area contributed by atoms with Crippen molar-refractivity contribution in [1.82, 2.24) is 14.5 Å². The number of imidazole rings is 1. The Hall–Kier alpha value is -2.33. The Kier molecular flexibility index (Phi) is 4.45. The van der Waals surface area contributed by atoms with Gasteiger partial charge in [0.2, 0.25) is 5.91 Å². The molecule has 0 radical (unpaired) electrons. The van der Waals surface area contributed by atoms with E-state index in [2.05, 4.69) is 15.6 Å². The van der Waals surface area contributed by atoms with Gasteiger partial charge in [-0.1, -0.05) is 35.9 Å². The average Bonchev–Trinajstić information content (AvgIpc) is 3.08. The van der Waals surface area contributed by atoms with E-state index in [1.54, 1.807) is 0 Å². The number of benzene rings is 2. The van der Waals surface area contributed by atoms with Crippen molar-refractivity contribution in [3.05, 3.63) is 65.4 Å². The summed E-state index contributed by atoms with van der Waals surface area (Å²) in [7, 11) is 0. The number of amides is 1. The molecule has 0 spiro atoms. The van der Waals surface area contributed by atoms with Crippen LogP contribution in [0, 0.1) is 0 Å². The smallest absolute Gasteiger partial charge is 0.226 e. The molecule has 3 aromatic rings. The van der Waals surface area contributed by atoms with E-state index < -0.39 is 0 Å². The Balaban J connectivity index is 1.39. The second-order valence-corrected chi connectivity index (χ2v) is 6.99. The number of halogens is 1. The Morgan fingerprint density at radius 2 is 1.80 bits per heavy atom. The first kappa shape index (κ1) is 16.2. The van der Waals surface area contributed by atoms with Gasteiger partial charge in [-0.05, 0) is 42.7 Å². The Morgan fingerprint density at radius 1 is 1.08 bits per heavy atom. The van der Waals surface area contributed by atoms with E-state index in [0.29, 0.717) is 17.5 Å². The van der Waals surface area contributed by atoms with Gasteiger partial charge in [-0.15, -0.1) is 0 Å². The van der Waals surface area contributed by atoms with Crippen LogP contribution in [0.2, 0.25) is 5.02 Å². The van der Waals surface area contributed by atoms with Crippen molar-refractivity contribution in [3.8, 4) is 0 Å². The standard InChI is InChI=1S/C20H20ClN3O/c21-16-7-5-15(6-8-16)13-20(25)23-11-9-17(10-12-23)24-14-22-18-3-1-2-4-19(18)24/h1-8,14,17H,9-13H2. The summed E-state index contributed by atoms with van der Waals surface area (Å²) in [6, 6.07) is 16.1. The van der Waals surface area contributed by atoms with Crippen molar-refractivity contribution in [1.29, 1.82) is 0 Å². The predicted molar refractivity (Wildman–Crippen MR) is 99.7 cm³/mol. The molecule has 0 saturated carbocycles. The van der Waals surface area contributed by atoms with Crippen LogP contribution in [0.3, 0.4) is 0 Å². The fourth-order valence-electron chi connectivity index (χ4n) is 3.55. The number of carbonyl (C=O) groups is 1. The van der Waals surface area contributed by atoms with Crippen LogP contribution in [0.15, 0.2) is 54.9 Å². The molecule has 1 fully saturated rings. The lowest BCUT2D eigenvalue weighted by Crippen LogP contribution is -2.39. The highest BCUT2D eigenvalue weighted by molar-refractivity contribution is 6.30. The van der Waals surface area contributed by atoms with Crippen LogP contribution in [0.4, 0.5) is 0 Å². The van der Waals surface area contributed by atoms with Crippen LogP contribution in [0.5, 0.6) is 0 Å². The molecule has 0 bridgehead atoms. The number of hydrogen-bond acceptors (Lipinski definition) is 2. The zero-order valence-electron chi connectivity index (χ0n) is 13.9. The van der Waals surface area contributed by atoms with E-state index in [1.807, 2.05) is 53.7 Å². The van der Waals surface area contributed by atoms with E-state index in [1.165, 1.54) is 5.52 Å². The summed E-state index contributed by atoms with van der Waals surface area (Å²) in [5.74, 6) is 0.191.